The molecule has 2 aromatic rings. The van der Waals surface area contributed by atoms with Gasteiger partial charge in [-0.2, -0.15) is 0 Å². The SMILES string of the molecule is CSc1cc(CO)c2sccc2c1C. The number of hydrogen-bond donors (Lipinski definition) is 1. The zero-order chi connectivity index (χ0) is 10.1. The van der Waals surface area contributed by atoms with E-state index < -0.39 is 0 Å². The monoisotopic (exact) mass is 224 g/mol. The molecule has 0 bridgehead atoms. The standard InChI is InChI=1S/C11H12OS2/c1-7-9-3-4-14-11(9)8(6-12)5-10(7)13-2/h3-5,12H,6H2,1-2H3. The zero-order valence-corrected chi connectivity index (χ0v) is 9.84. The highest BCUT2D eigenvalue weighted by Crippen LogP contribution is 2.33. The lowest BCUT2D eigenvalue weighted by atomic mass is 10.1. The first-order valence-electron chi connectivity index (χ1n) is 4.42. The van der Waals surface area contributed by atoms with Crippen LogP contribution in [0.3, 0.4) is 0 Å². The minimum atomic E-state index is 0.130. The molecule has 1 N–H and O–H groups in total. The Labute approximate surface area is 91.8 Å². The van der Waals surface area contributed by atoms with Crippen molar-refractivity contribution in [3.8, 4) is 0 Å². The quantitative estimate of drug-likeness (QED) is 0.789. The van der Waals surface area contributed by atoms with Gasteiger partial charge in [0.05, 0.1) is 6.61 Å². The van der Waals surface area contributed by atoms with Crippen molar-refractivity contribution in [1.82, 2.24) is 0 Å². The van der Waals surface area contributed by atoms with E-state index in [9.17, 15) is 5.11 Å². The summed E-state index contributed by atoms with van der Waals surface area (Å²) < 4.78 is 1.22. The Bertz CT molecular complexity index is 460. The van der Waals surface area contributed by atoms with Crippen LogP contribution >= 0.6 is 23.1 Å². The second-order valence-corrected chi connectivity index (χ2v) is 4.95. The molecule has 0 radical (unpaired) electrons. The molecule has 0 amide bonds. The Morgan fingerprint density at radius 1 is 1.50 bits per heavy atom. The Kier molecular flexibility index (Phi) is 2.81. The summed E-state index contributed by atoms with van der Waals surface area (Å²) in [6, 6.07) is 4.23. The van der Waals surface area contributed by atoms with E-state index in [2.05, 4.69) is 30.7 Å². The topological polar surface area (TPSA) is 20.2 Å². The molecule has 0 unspecified atom stereocenters. The molecule has 0 fully saturated rings. The molecule has 3 heteroatoms. The lowest BCUT2D eigenvalue weighted by Gasteiger charge is -2.07. The van der Waals surface area contributed by atoms with Crippen molar-refractivity contribution in [1.29, 1.82) is 0 Å². The van der Waals surface area contributed by atoms with Gasteiger partial charge in [-0.15, -0.1) is 23.1 Å². The number of benzene rings is 1. The third kappa shape index (κ3) is 1.45. The Morgan fingerprint density at radius 3 is 2.93 bits per heavy atom. The van der Waals surface area contributed by atoms with E-state index in [0.717, 1.165) is 5.56 Å². The molecule has 0 atom stereocenters. The number of thiophene rings is 1. The molecular formula is C11H12OS2. The summed E-state index contributed by atoms with van der Waals surface area (Å²) in [6.45, 7) is 2.27. The second-order valence-electron chi connectivity index (χ2n) is 3.18. The maximum Gasteiger partial charge on any atom is 0.0696 e. The van der Waals surface area contributed by atoms with Gasteiger partial charge in [-0.25, -0.2) is 0 Å². The normalized spacial score (nSPS) is 11.1. The summed E-state index contributed by atoms with van der Waals surface area (Å²) in [5.74, 6) is 0. The van der Waals surface area contributed by atoms with Crippen LogP contribution in [0.2, 0.25) is 0 Å². The fourth-order valence-electron chi connectivity index (χ4n) is 1.65. The van der Waals surface area contributed by atoms with Gasteiger partial charge < -0.3 is 5.11 Å². The lowest BCUT2D eigenvalue weighted by molar-refractivity contribution is 0.283. The van der Waals surface area contributed by atoms with Crippen molar-refractivity contribution < 1.29 is 5.11 Å². The molecule has 1 aromatic carbocycles. The van der Waals surface area contributed by atoms with E-state index in [4.69, 9.17) is 0 Å². The average Bonchev–Trinajstić information content (AvgIpc) is 2.68. The van der Waals surface area contributed by atoms with E-state index in [1.807, 2.05) is 0 Å². The summed E-state index contributed by atoms with van der Waals surface area (Å²) in [5.41, 5.74) is 2.37. The number of aliphatic hydroxyl groups is 1. The number of aryl methyl sites for hydroxylation is 1. The smallest absolute Gasteiger partial charge is 0.0696 e. The van der Waals surface area contributed by atoms with Gasteiger partial charge in [0.15, 0.2) is 0 Å². The van der Waals surface area contributed by atoms with Gasteiger partial charge in [-0.3, -0.25) is 0 Å². The van der Waals surface area contributed by atoms with Gasteiger partial charge in [-0.1, -0.05) is 0 Å². The van der Waals surface area contributed by atoms with Gasteiger partial charge in [0.25, 0.3) is 0 Å². The molecule has 0 spiro atoms. The third-order valence-corrected chi connectivity index (χ3v) is 4.28. The van der Waals surface area contributed by atoms with Crippen molar-refractivity contribution in [2.24, 2.45) is 0 Å². The first kappa shape index (κ1) is 10.0. The van der Waals surface area contributed by atoms with E-state index >= 15 is 0 Å². The lowest BCUT2D eigenvalue weighted by Crippen LogP contribution is -1.88. The Balaban J connectivity index is 2.80. The maximum atomic E-state index is 9.26. The molecule has 2 rings (SSSR count). The van der Waals surface area contributed by atoms with Crippen LogP contribution in [0.1, 0.15) is 11.1 Å². The molecule has 0 saturated carbocycles. The first-order valence-corrected chi connectivity index (χ1v) is 6.53. The van der Waals surface area contributed by atoms with E-state index in [0.29, 0.717) is 0 Å². The summed E-state index contributed by atoms with van der Waals surface area (Å²) in [4.78, 5) is 1.26. The van der Waals surface area contributed by atoms with Crippen molar-refractivity contribution >= 4 is 33.2 Å². The maximum absolute atomic E-state index is 9.26. The van der Waals surface area contributed by atoms with Crippen molar-refractivity contribution in [2.75, 3.05) is 6.26 Å². The summed E-state index contributed by atoms with van der Waals surface area (Å²) in [6.07, 6.45) is 2.07. The molecule has 1 heterocycles. The number of hydrogen-bond acceptors (Lipinski definition) is 3. The van der Waals surface area contributed by atoms with Gasteiger partial charge in [0, 0.05) is 9.60 Å². The van der Waals surface area contributed by atoms with Crippen molar-refractivity contribution in [2.45, 2.75) is 18.4 Å². The van der Waals surface area contributed by atoms with E-state index in [1.54, 1.807) is 23.1 Å². The highest BCUT2D eigenvalue weighted by Gasteiger charge is 2.08. The minimum Gasteiger partial charge on any atom is -0.392 e. The molecule has 14 heavy (non-hydrogen) atoms. The van der Waals surface area contributed by atoms with Gasteiger partial charge in [0.1, 0.15) is 0 Å². The van der Waals surface area contributed by atoms with Crippen LogP contribution in [-0.4, -0.2) is 11.4 Å². The van der Waals surface area contributed by atoms with Crippen LogP contribution in [-0.2, 0) is 6.61 Å². The fraction of sp³-hybridized carbons (Fsp3) is 0.273. The predicted octanol–water partition coefficient (Wildman–Crippen LogP) is 3.42. The highest BCUT2D eigenvalue weighted by atomic mass is 32.2. The largest absolute Gasteiger partial charge is 0.392 e. The summed E-state index contributed by atoms with van der Waals surface area (Å²) in [7, 11) is 0. The molecule has 0 aliphatic rings. The summed E-state index contributed by atoms with van der Waals surface area (Å²) in [5, 5.41) is 12.6. The second kappa shape index (κ2) is 3.93. The van der Waals surface area contributed by atoms with Crippen molar-refractivity contribution in [3.63, 3.8) is 0 Å². The molecule has 1 aromatic heterocycles. The third-order valence-electron chi connectivity index (χ3n) is 2.43. The van der Waals surface area contributed by atoms with Crippen molar-refractivity contribution in [3.05, 3.63) is 28.6 Å². The molecule has 0 saturated heterocycles. The molecule has 74 valence electrons. The number of rotatable bonds is 2. The van der Waals surface area contributed by atoms with Crippen LogP contribution in [0.5, 0.6) is 0 Å². The minimum absolute atomic E-state index is 0.130. The molecular weight excluding hydrogens is 212 g/mol. The Hall–Kier alpha value is -0.510. The zero-order valence-electron chi connectivity index (χ0n) is 8.20. The highest BCUT2D eigenvalue weighted by molar-refractivity contribution is 7.98. The van der Waals surface area contributed by atoms with E-state index in [-0.39, 0.29) is 6.61 Å². The number of aliphatic hydroxyl groups excluding tert-OH is 1. The molecule has 0 aliphatic heterocycles. The van der Waals surface area contributed by atoms with Crippen LogP contribution in [0.25, 0.3) is 10.1 Å². The average molecular weight is 224 g/mol. The number of fused-ring (bicyclic) bond motifs is 1. The molecule has 0 aliphatic carbocycles. The fourth-order valence-corrected chi connectivity index (χ4v) is 3.29. The van der Waals surface area contributed by atoms with Gasteiger partial charge >= 0.3 is 0 Å². The van der Waals surface area contributed by atoms with Crippen LogP contribution in [0.15, 0.2) is 22.4 Å². The summed E-state index contributed by atoms with van der Waals surface area (Å²) >= 11 is 3.44. The van der Waals surface area contributed by atoms with Gasteiger partial charge in [0.2, 0.25) is 0 Å². The predicted molar refractivity (Wildman–Crippen MR) is 64.3 cm³/mol. The molecule has 1 nitrogen and oxygen atoms in total. The van der Waals surface area contributed by atoms with Crippen LogP contribution in [0, 0.1) is 6.92 Å². The number of thioether (sulfide) groups is 1. The van der Waals surface area contributed by atoms with E-state index in [1.165, 1.54) is 20.5 Å². The first-order chi connectivity index (χ1) is 6.77. The van der Waals surface area contributed by atoms with Gasteiger partial charge in [-0.05, 0) is 47.2 Å². The Morgan fingerprint density at radius 2 is 2.29 bits per heavy atom. The van der Waals surface area contributed by atoms with Crippen LogP contribution in [0.4, 0.5) is 0 Å². The van der Waals surface area contributed by atoms with Crippen LogP contribution < -0.4 is 0 Å².